The summed E-state index contributed by atoms with van der Waals surface area (Å²) in [6, 6.07) is 1.39. The van der Waals surface area contributed by atoms with E-state index in [1.54, 1.807) is 0 Å². The molecule has 0 aliphatic carbocycles. The summed E-state index contributed by atoms with van der Waals surface area (Å²) in [7, 11) is 1.24. The number of rotatable bonds is 0. The Bertz CT molecular complexity index is 662. The van der Waals surface area contributed by atoms with E-state index in [9.17, 15) is 9.59 Å². The highest BCUT2D eigenvalue weighted by molar-refractivity contribution is 5.73. The summed E-state index contributed by atoms with van der Waals surface area (Å²) in [5, 5.41) is 0. The van der Waals surface area contributed by atoms with Gasteiger partial charge in [-0.3, -0.25) is 13.9 Å². The van der Waals surface area contributed by atoms with Gasteiger partial charge in [0.1, 0.15) is 5.52 Å². The van der Waals surface area contributed by atoms with E-state index >= 15 is 0 Å². The number of aromatic amines is 1. The topological polar surface area (TPSA) is 59.8 Å². The molecule has 0 saturated heterocycles. The van der Waals surface area contributed by atoms with Crippen LogP contribution in [-0.2, 0) is 14.0 Å². The van der Waals surface area contributed by atoms with Crippen molar-refractivity contribution >= 4 is 11.0 Å². The van der Waals surface area contributed by atoms with Gasteiger partial charge in [0.2, 0.25) is 0 Å². The van der Waals surface area contributed by atoms with Crippen LogP contribution in [0, 0.1) is 0 Å². The Morgan fingerprint density at radius 2 is 2.23 bits per heavy atom. The number of hydrogen-bond acceptors (Lipinski definition) is 2. The van der Waals surface area contributed by atoms with Crippen molar-refractivity contribution in [3.05, 3.63) is 33.1 Å². The molecule has 0 unspecified atom stereocenters. The average molecular weight is 182 g/mol. The summed E-state index contributed by atoms with van der Waals surface area (Å²) in [6.07, 6.45) is 1.42. The number of aryl methyl sites for hydroxylation is 1. The molecule has 2 rings (SSSR count). The summed E-state index contributed by atoms with van der Waals surface area (Å²) in [5.41, 5.74) is -1.19. The van der Waals surface area contributed by atoms with Crippen LogP contribution >= 0.6 is 0 Å². The zero-order valence-corrected chi connectivity index (χ0v) is 6.87. The van der Waals surface area contributed by atoms with Crippen LogP contribution in [0.3, 0.4) is 0 Å². The maximum atomic E-state index is 11.7. The molecule has 5 heteroatoms. The predicted molar refractivity (Wildman–Crippen MR) is 48.8 cm³/mol. The van der Waals surface area contributed by atoms with E-state index in [-0.39, 0.29) is 11.0 Å². The molecule has 13 heavy (non-hydrogen) atoms. The molecule has 2 heterocycles. The first kappa shape index (κ1) is 5.06. The highest BCUT2D eigenvalue weighted by Gasteiger charge is 2.07. The molecule has 0 amide bonds. The van der Waals surface area contributed by atoms with Crippen molar-refractivity contribution < 1.29 is 4.11 Å². The van der Waals surface area contributed by atoms with Gasteiger partial charge in [0, 0.05) is 24.3 Å². The molecule has 0 aliphatic rings. The minimum absolute atomic E-state index is 0.0908. The normalized spacial score (nSPS) is 15.3. The van der Waals surface area contributed by atoms with Crippen LogP contribution in [0.5, 0.6) is 0 Å². The summed E-state index contributed by atoms with van der Waals surface area (Å²) < 4.78 is 23.2. The Kier molecular flexibility index (Phi) is 0.915. The molecular formula is C8H9N3O2. The van der Waals surface area contributed by atoms with E-state index in [2.05, 4.69) is 4.98 Å². The molecule has 0 radical (unpaired) electrons. The molecule has 0 saturated carbocycles. The number of hydrogen-bond donors (Lipinski definition) is 1. The Morgan fingerprint density at radius 1 is 1.46 bits per heavy atom. The lowest BCUT2D eigenvalue weighted by molar-refractivity contribution is 0.713. The molecule has 68 valence electrons. The fourth-order valence-electron chi connectivity index (χ4n) is 1.23. The smallest absolute Gasteiger partial charge is 0.331 e. The maximum absolute atomic E-state index is 11.7. The van der Waals surface area contributed by atoms with Crippen molar-refractivity contribution in [2.75, 3.05) is 0 Å². The minimum atomic E-state index is -2.61. The van der Waals surface area contributed by atoms with Crippen molar-refractivity contribution in [1.29, 1.82) is 0 Å². The van der Waals surface area contributed by atoms with Crippen molar-refractivity contribution in [3.63, 3.8) is 0 Å². The number of H-pyrrole nitrogens is 1. The highest BCUT2D eigenvalue weighted by Crippen LogP contribution is 2.02. The maximum Gasteiger partial charge on any atom is 0.331 e. The van der Waals surface area contributed by atoms with Gasteiger partial charge in [-0.15, -0.1) is 0 Å². The minimum Gasteiger partial charge on any atom is -0.355 e. The van der Waals surface area contributed by atoms with Crippen LogP contribution < -0.4 is 11.2 Å². The Balaban J connectivity index is 3.10. The van der Waals surface area contributed by atoms with Gasteiger partial charge in [-0.2, -0.15) is 0 Å². The van der Waals surface area contributed by atoms with E-state index < -0.39 is 18.2 Å². The molecule has 0 bridgehead atoms. The van der Waals surface area contributed by atoms with Crippen LogP contribution in [0.15, 0.2) is 21.9 Å². The number of nitrogens with zero attached hydrogens (tertiary/aromatic N) is 2. The molecule has 0 spiro atoms. The van der Waals surface area contributed by atoms with Crippen molar-refractivity contribution in [3.8, 4) is 0 Å². The summed E-state index contributed by atoms with van der Waals surface area (Å²) in [5.74, 6) is 0. The van der Waals surface area contributed by atoms with Gasteiger partial charge in [0.05, 0.1) is 5.52 Å². The summed E-state index contributed by atoms with van der Waals surface area (Å²) in [4.78, 5) is 25.9. The molecule has 5 nitrogen and oxygen atoms in total. The van der Waals surface area contributed by atoms with Gasteiger partial charge < -0.3 is 4.98 Å². The zero-order chi connectivity index (χ0) is 12.1. The van der Waals surface area contributed by atoms with E-state index in [1.807, 2.05) is 0 Å². The number of nitrogens with one attached hydrogen (secondary N) is 1. The fraction of sp³-hybridized carbons (Fsp3) is 0.250. The van der Waals surface area contributed by atoms with Gasteiger partial charge in [-0.25, -0.2) is 4.79 Å². The Morgan fingerprint density at radius 3 is 2.92 bits per heavy atom. The van der Waals surface area contributed by atoms with Gasteiger partial charge in [-0.1, -0.05) is 0 Å². The first-order valence-corrected chi connectivity index (χ1v) is 3.63. The van der Waals surface area contributed by atoms with E-state index in [1.165, 1.54) is 19.3 Å². The molecule has 0 aliphatic heterocycles. The largest absolute Gasteiger partial charge is 0.355 e. The first-order valence-electron chi connectivity index (χ1n) is 5.13. The monoisotopic (exact) mass is 182 g/mol. The van der Waals surface area contributed by atoms with Gasteiger partial charge in [0.15, 0.2) is 0 Å². The van der Waals surface area contributed by atoms with Gasteiger partial charge in [0.25, 0.3) is 5.56 Å². The lowest BCUT2D eigenvalue weighted by atomic mass is 10.4. The molecule has 0 aromatic carbocycles. The van der Waals surface area contributed by atoms with Crippen LogP contribution in [0.1, 0.15) is 4.11 Å². The van der Waals surface area contributed by atoms with Crippen LogP contribution in [0.25, 0.3) is 11.0 Å². The summed E-state index contributed by atoms with van der Waals surface area (Å²) in [6.45, 7) is -2.61. The Hall–Kier alpha value is -1.78. The second kappa shape index (κ2) is 2.35. The second-order valence-corrected chi connectivity index (χ2v) is 2.72. The van der Waals surface area contributed by atoms with Crippen LogP contribution in [-0.4, -0.2) is 14.1 Å². The quantitative estimate of drug-likeness (QED) is 0.600. The SMILES string of the molecule is [2H]C([2H])([2H])n1c(=O)n(C)c(=O)c2[nH]ccc21. The predicted octanol–water partition coefficient (Wildman–Crippen LogP) is -0.435. The van der Waals surface area contributed by atoms with Gasteiger partial charge >= 0.3 is 5.69 Å². The summed E-state index contributed by atoms with van der Waals surface area (Å²) >= 11 is 0. The fourth-order valence-corrected chi connectivity index (χ4v) is 1.23. The average Bonchev–Trinajstić information content (AvgIpc) is 2.61. The third kappa shape index (κ3) is 0.867. The molecule has 0 atom stereocenters. The molecule has 0 fully saturated rings. The lowest BCUT2D eigenvalue weighted by Gasteiger charge is -2.02. The van der Waals surface area contributed by atoms with E-state index in [0.717, 1.165) is 4.57 Å². The van der Waals surface area contributed by atoms with Crippen LogP contribution in [0.4, 0.5) is 0 Å². The molecule has 2 aromatic rings. The van der Waals surface area contributed by atoms with E-state index in [4.69, 9.17) is 4.11 Å². The van der Waals surface area contributed by atoms with E-state index in [0.29, 0.717) is 4.57 Å². The van der Waals surface area contributed by atoms with Crippen LogP contribution in [0.2, 0.25) is 0 Å². The molecule has 1 N–H and O–H groups in total. The van der Waals surface area contributed by atoms with Gasteiger partial charge in [-0.05, 0) is 6.07 Å². The number of fused-ring (bicyclic) bond motifs is 1. The standard InChI is InChI=1S/C8H9N3O2/c1-10-5-3-4-9-6(5)7(12)11(2)8(10)13/h3-4,9H,1-2H3/i1D3. The highest BCUT2D eigenvalue weighted by atomic mass is 16.2. The third-order valence-electron chi connectivity index (χ3n) is 1.96. The first-order chi connectivity index (χ1) is 7.34. The third-order valence-corrected chi connectivity index (χ3v) is 1.96. The number of aromatic nitrogens is 3. The molecular weight excluding hydrogens is 170 g/mol. The Labute approximate surface area is 77.4 Å². The van der Waals surface area contributed by atoms with Crippen molar-refractivity contribution in [2.24, 2.45) is 14.0 Å². The zero-order valence-electron chi connectivity index (χ0n) is 9.87. The van der Waals surface area contributed by atoms with Crippen molar-refractivity contribution in [1.82, 2.24) is 14.1 Å². The molecule has 2 aromatic heterocycles. The lowest BCUT2D eigenvalue weighted by Crippen LogP contribution is -2.36. The second-order valence-electron chi connectivity index (χ2n) is 2.72. The van der Waals surface area contributed by atoms with Crippen molar-refractivity contribution in [2.45, 2.75) is 0 Å².